The molecule has 2 aromatic carbocycles. The number of amides is 1. The zero-order chi connectivity index (χ0) is 18.7. The van der Waals surface area contributed by atoms with E-state index < -0.39 is 6.17 Å². The maximum absolute atomic E-state index is 12.8. The van der Waals surface area contributed by atoms with E-state index in [4.69, 9.17) is 11.6 Å². The lowest BCUT2D eigenvalue weighted by atomic mass is 9.85. The number of nitrogens with one attached hydrogen (secondary N) is 1. The molecule has 1 heterocycles. The van der Waals surface area contributed by atoms with Gasteiger partial charge in [0.2, 0.25) is 0 Å². The van der Waals surface area contributed by atoms with Crippen molar-refractivity contribution in [1.82, 2.24) is 20.3 Å². The zero-order valence-corrected chi connectivity index (χ0v) is 15.6. The fraction of sp³-hybridized carbons (Fsp3) is 0.250. The molecule has 1 aromatic heterocycles. The number of fused-ring (bicyclic) bond motifs is 1. The van der Waals surface area contributed by atoms with E-state index in [0.29, 0.717) is 17.0 Å². The number of carbonyl (C=O) groups excluding carboxylic acids is 1. The van der Waals surface area contributed by atoms with E-state index in [-0.39, 0.29) is 11.3 Å². The highest BCUT2D eigenvalue weighted by molar-refractivity contribution is 6.30. The fourth-order valence-electron chi connectivity index (χ4n) is 2.96. The molecule has 0 saturated carbocycles. The van der Waals surface area contributed by atoms with E-state index in [1.165, 1.54) is 0 Å². The van der Waals surface area contributed by atoms with Gasteiger partial charge in [0.25, 0.3) is 5.91 Å². The van der Waals surface area contributed by atoms with Gasteiger partial charge in [-0.15, -0.1) is 11.7 Å². The number of hydrogen-bond donors (Lipinski definition) is 1. The smallest absolute Gasteiger partial charge is 0.252 e. The van der Waals surface area contributed by atoms with Crippen molar-refractivity contribution in [2.24, 2.45) is 5.41 Å². The standard InChI is InChI=1S/C20H21ClN4O/c1-4-13-20(2,3)19(22-18(26)14-9-11-15(21)12-10-14)25-17-8-6-5-7-16(17)23-24-25/h4-12,19H,1,13H2,2-3H3,(H,22,26). The minimum Gasteiger partial charge on any atom is -0.330 e. The second kappa shape index (κ2) is 7.30. The molecule has 0 radical (unpaired) electrons. The summed E-state index contributed by atoms with van der Waals surface area (Å²) in [6.45, 7) is 7.98. The van der Waals surface area contributed by atoms with Gasteiger partial charge in [-0.25, -0.2) is 4.68 Å². The van der Waals surface area contributed by atoms with Crippen LogP contribution in [0.15, 0.2) is 61.2 Å². The SMILES string of the molecule is C=CCC(C)(C)C(NC(=O)c1ccc(Cl)cc1)n1nnc2ccccc21. The average Bonchev–Trinajstić information content (AvgIpc) is 3.03. The third-order valence-corrected chi connectivity index (χ3v) is 4.66. The second-order valence-corrected chi connectivity index (χ2v) is 7.32. The number of aromatic nitrogens is 3. The summed E-state index contributed by atoms with van der Waals surface area (Å²) in [5.41, 5.74) is 1.87. The summed E-state index contributed by atoms with van der Waals surface area (Å²) in [6, 6.07) is 14.5. The molecule has 0 aliphatic heterocycles. The Hall–Kier alpha value is -2.66. The molecule has 1 unspecified atom stereocenters. The number of rotatable bonds is 6. The molecule has 26 heavy (non-hydrogen) atoms. The topological polar surface area (TPSA) is 59.8 Å². The van der Waals surface area contributed by atoms with Crippen molar-refractivity contribution in [3.05, 3.63) is 71.8 Å². The van der Waals surface area contributed by atoms with Crippen molar-refractivity contribution in [3.63, 3.8) is 0 Å². The fourth-order valence-corrected chi connectivity index (χ4v) is 3.08. The minimum atomic E-state index is -0.393. The Morgan fingerprint density at radius 2 is 1.96 bits per heavy atom. The molecule has 0 aliphatic rings. The molecule has 0 spiro atoms. The molecular formula is C20H21ClN4O. The lowest BCUT2D eigenvalue weighted by molar-refractivity contribution is 0.0826. The van der Waals surface area contributed by atoms with Crippen LogP contribution in [0.5, 0.6) is 0 Å². The lowest BCUT2D eigenvalue weighted by Crippen LogP contribution is -2.42. The largest absolute Gasteiger partial charge is 0.330 e. The van der Waals surface area contributed by atoms with E-state index in [1.807, 2.05) is 30.3 Å². The number of halogens is 1. The first-order chi connectivity index (χ1) is 12.4. The molecule has 0 aliphatic carbocycles. The predicted octanol–water partition coefficient (Wildman–Crippen LogP) is 4.62. The first-order valence-corrected chi connectivity index (χ1v) is 8.77. The maximum Gasteiger partial charge on any atom is 0.252 e. The Labute approximate surface area is 157 Å². The van der Waals surface area contributed by atoms with Crippen LogP contribution in [0.2, 0.25) is 5.02 Å². The van der Waals surface area contributed by atoms with Crippen LogP contribution in [-0.4, -0.2) is 20.9 Å². The number of nitrogens with zero attached hydrogens (tertiary/aromatic N) is 3. The highest BCUT2D eigenvalue weighted by Crippen LogP contribution is 2.34. The molecule has 134 valence electrons. The number of benzene rings is 2. The first-order valence-electron chi connectivity index (χ1n) is 8.39. The molecule has 1 amide bonds. The van der Waals surface area contributed by atoms with E-state index in [9.17, 15) is 4.79 Å². The first kappa shape index (κ1) is 18.1. The molecule has 0 fully saturated rings. The molecule has 0 saturated heterocycles. The van der Waals surface area contributed by atoms with Gasteiger partial charge in [0.05, 0.1) is 5.52 Å². The van der Waals surface area contributed by atoms with Crippen LogP contribution in [0.3, 0.4) is 0 Å². The van der Waals surface area contributed by atoms with Crippen molar-refractivity contribution in [1.29, 1.82) is 0 Å². The van der Waals surface area contributed by atoms with Gasteiger partial charge in [-0.1, -0.05) is 48.9 Å². The highest BCUT2D eigenvalue weighted by atomic mass is 35.5. The minimum absolute atomic E-state index is 0.191. The maximum atomic E-state index is 12.8. The van der Waals surface area contributed by atoms with Gasteiger partial charge < -0.3 is 5.32 Å². The third-order valence-electron chi connectivity index (χ3n) is 4.41. The van der Waals surface area contributed by atoms with Crippen molar-refractivity contribution in [2.75, 3.05) is 0 Å². The lowest BCUT2D eigenvalue weighted by Gasteiger charge is -2.34. The second-order valence-electron chi connectivity index (χ2n) is 6.89. The summed E-state index contributed by atoms with van der Waals surface area (Å²) in [6.07, 6.45) is 2.16. The highest BCUT2D eigenvalue weighted by Gasteiger charge is 2.33. The van der Waals surface area contributed by atoms with Crippen molar-refractivity contribution >= 4 is 28.5 Å². The van der Waals surface area contributed by atoms with E-state index in [0.717, 1.165) is 11.0 Å². The molecule has 3 rings (SSSR count). The average molecular weight is 369 g/mol. The van der Waals surface area contributed by atoms with Crippen molar-refractivity contribution < 1.29 is 4.79 Å². The van der Waals surface area contributed by atoms with Crippen LogP contribution in [0.1, 0.15) is 36.8 Å². The summed E-state index contributed by atoms with van der Waals surface area (Å²) < 4.78 is 1.77. The van der Waals surface area contributed by atoms with Gasteiger partial charge in [-0.05, 0) is 42.8 Å². The molecule has 6 heteroatoms. The third kappa shape index (κ3) is 3.63. The Balaban J connectivity index is 2.00. The molecule has 0 bridgehead atoms. The molecule has 3 aromatic rings. The van der Waals surface area contributed by atoms with Gasteiger partial charge in [-0.2, -0.15) is 0 Å². The van der Waals surface area contributed by atoms with E-state index in [2.05, 4.69) is 36.1 Å². The summed E-state index contributed by atoms with van der Waals surface area (Å²) in [5, 5.41) is 12.2. The molecular weight excluding hydrogens is 348 g/mol. The normalized spacial score (nSPS) is 12.7. The Morgan fingerprint density at radius 3 is 2.65 bits per heavy atom. The molecule has 1 N–H and O–H groups in total. The van der Waals surface area contributed by atoms with Gasteiger partial charge >= 0.3 is 0 Å². The van der Waals surface area contributed by atoms with Crippen LogP contribution >= 0.6 is 11.6 Å². The van der Waals surface area contributed by atoms with Crippen LogP contribution in [0, 0.1) is 5.41 Å². The van der Waals surface area contributed by atoms with Crippen LogP contribution in [0.4, 0.5) is 0 Å². The van der Waals surface area contributed by atoms with Gasteiger partial charge in [-0.3, -0.25) is 4.79 Å². The summed E-state index contributed by atoms with van der Waals surface area (Å²) >= 11 is 5.92. The summed E-state index contributed by atoms with van der Waals surface area (Å²) in [4.78, 5) is 12.8. The summed E-state index contributed by atoms with van der Waals surface area (Å²) in [7, 11) is 0. The van der Waals surface area contributed by atoms with Gasteiger partial charge in [0, 0.05) is 16.0 Å². The van der Waals surface area contributed by atoms with Crippen LogP contribution in [-0.2, 0) is 0 Å². The number of hydrogen-bond acceptors (Lipinski definition) is 3. The Bertz CT molecular complexity index is 930. The number of allylic oxidation sites excluding steroid dienone is 1. The van der Waals surface area contributed by atoms with Crippen LogP contribution < -0.4 is 5.32 Å². The predicted molar refractivity (Wildman–Crippen MR) is 104 cm³/mol. The Morgan fingerprint density at radius 1 is 1.27 bits per heavy atom. The number of carbonyl (C=O) groups is 1. The van der Waals surface area contributed by atoms with E-state index >= 15 is 0 Å². The molecule has 1 atom stereocenters. The number of para-hydroxylation sites is 1. The molecule has 5 nitrogen and oxygen atoms in total. The van der Waals surface area contributed by atoms with Gasteiger partial charge in [0.15, 0.2) is 0 Å². The van der Waals surface area contributed by atoms with Crippen LogP contribution in [0.25, 0.3) is 11.0 Å². The Kier molecular flexibility index (Phi) is 5.09. The monoisotopic (exact) mass is 368 g/mol. The van der Waals surface area contributed by atoms with E-state index in [1.54, 1.807) is 28.9 Å². The summed E-state index contributed by atoms with van der Waals surface area (Å²) in [5.74, 6) is -0.191. The van der Waals surface area contributed by atoms with Gasteiger partial charge in [0.1, 0.15) is 11.7 Å². The van der Waals surface area contributed by atoms with Crippen molar-refractivity contribution in [3.8, 4) is 0 Å². The zero-order valence-electron chi connectivity index (χ0n) is 14.8. The van der Waals surface area contributed by atoms with Crippen molar-refractivity contribution in [2.45, 2.75) is 26.4 Å². The quantitative estimate of drug-likeness (QED) is 0.646.